The number of amides is 2. The van der Waals surface area contributed by atoms with Gasteiger partial charge < -0.3 is 20.4 Å². The van der Waals surface area contributed by atoms with Crippen LogP contribution in [-0.2, 0) is 11.3 Å². The summed E-state index contributed by atoms with van der Waals surface area (Å²) in [4.78, 5) is 52.6. The molecular weight excluding hydrogens is 382 g/mol. The van der Waals surface area contributed by atoms with Gasteiger partial charge in [-0.3, -0.25) is 24.5 Å². The second-order valence-corrected chi connectivity index (χ2v) is 6.22. The molecule has 0 aliphatic carbocycles. The van der Waals surface area contributed by atoms with Crippen molar-refractivity contribution in [1.82, 2.24) is 15.3 Å². The lowest BCUT2D eigenvalue weighted by molar-refractivity contribution is -0.384. The first-order valence-corrected chi connectivity index (χ1v) is 8.43. The monoisotopic (exact) mass is 395 g/mol. The van der Waals surface area contributed by atoms with Crippen molar-refractivity contribution < 1.29 is 19.2 Å². The SMILES string of the molecule is O=C1COc2ccc(CNC(=O)c3nc4ccc([N+](=O)[O-])cc4c(=O)[nH]3)cc2N1. The summed E-state index contributed by atoms with van der Waals surface area (Å²) in [7, 11) is 0. The lowest BCUT2D eigenvalue weighted by Crippen LogP contribution is -2.28. The minimum Gasteiger partial charge on any atom is -0.482 e. The van der Waals surface area contributed by atoms with Crippen molar-refractivity contribution in [3.8, 4) is 5.75 Å². The number of ether oxygens (including phenoxy) is 1. The van der Waals surface area contributed by atoms with Gasteiger partial charge in [0.2, 0.25) is 0 Å². The van der Waals surface area contributed by atoms with Crippen LogP contribution in [0.2, 0.25) is 0 Å². The van der Waals surface area contributed by atoms with Crippen LogP contribution in [0, 0.1) is 10.1 Å². The molecular formula is C18H13N5O6. The fourth-order valence-electron chi connectivity index (χ4n) is 2.85. The van der Waals surface area contributed by atoms with Crippen LogP contribution in [0.15, 0.2) is 41.2 Å². The highest BCUT2D eigenvalue weighted by molar-refractivity contribution is 5.95. The molecule has 0 radical (unpaired) electrons. The second-order valence-electron chi connectivity index (χ2n) is 6.22. The Kier molecular flexibility index (Phi) is 4.39. The summed E-state index contributed by atoms with van der Waals surface area (Å²) >= 11 is 0. The van der Waals surface area contributed by atoms with Gasteiger partial charge in [0.05, 0.1) is 21.5 Å². The molecule has 2 heterocycles. The van der Waals surface area contributed by atoms with Gasteiger partial charge in [-0.15, -0.1) is 0 Å². The van der Waals surface area contributed by atoms with Gasteiger partial charge in [0.25, 0.3) is 23.1 Å². The number of hydrogen-bond donors (Lipinski definition) is 3. The maximum absolute atomic E-state index is 12.4. The molecule has 0 fully saturated rings. The molecule has 0 spiro atoms. The number of fused-ring (bicyclic) bond motifs is 2. The number of non-ortho nitro benzene ring substituents is 1. The molecule has 3 aromatic rings. The summed E-state index contributed by atoms with van der Waals surface area (Å²) in [6.45, 7) is 0.0667. The van der Waals surface area contributed by atoms with Crippen molar-refractivity contribution in [2.75, 3.05) is 11.9 Å². The molecule has 3 N–H and O–H groups in total. The van der Waals surface area contributed by atoms with Crippen molar-refractivity contribution in [3.63, 3.8) is 0 Å². The van der Waals surface area contributed by atoms with Gasteiger partial charge >= 0.3 is 0 Å². The van der Waals surface area contributed by atoms with Crippen LogP contribution in [0.3, 0.4) is 0 Å². The van der Waals surface area contributed by atoms with E-state index in [0.29, 0.717) is 17.0 Å². The van der Waals surface area contributed by atoms with E-state index in [9.17, 15) is 24.5 Å². The molecule has 2 amide bonds. The number of rotatable bonds is 4. The molecule has 1 aliphatic heterocycles. The van der Waals surface area contributed by atoms with Crippen molar-refractivity contribution in [3.05, 3.63) is 68.3 Å². The number of benzene rings is 2. The van der Waals surface area contributed by atoms with Crippen molar-refractivity contribution in [2.45, 2.75) is 6.54 Å². The van der Waals surface area contributed by atoms with Gasteiger partial charge in [-0.2, -0.15) is 0 Å². The van der Waals surface area contributed by atoms with Crippen LogP contribution in [0.25, 0.3) is 10.9 Å². The van der Waals surface area contributed by atoms with E-state index in [0.717, 1.165) is 6.07 Å². The highest BCUT2D eigenvalue weighted by Crippen LogP contribution is 2.28. The fourth-order valence-corrected chi connectivity index (χ4v) is 2.85. The summed E-state index contributed by atoms with van der Waals surface area (Å²) in [5.74, 6) is -0.572. The first-order valence-electron chi connectivity index (χ1n) is 8.43. The van der Waals surface area contributed by atoms with Crippen LogP contribution in [0.4, 0.5) is 11.4 Å². The van der Waals surface area contributed by atoms with E-state index in [1.165, 1.54) is 12.1 Å². The number of aromatic nitrogens is 2. The lowest BCUT2D eigenvalue weighted by atomic mass is 10.1. The second kappa shape index (κ2) is 7.03. The van der Waals surface area contributed by atoms with Crippen LogP contribution in [-0.4, -0.2) is 33.3 Å². The quantitative estimate of drug-likeness (QED) is 0.441. The molecule has 29 heavy (non-hydrogen) atoms. The van der Waals surface area contributed by atoms with E-state index in [1.54, 1.807) is 18.2 Å². The van der Waals surface area contributed by atoms with E-state index in [4.69, 9.17) is 4.74 Å². The highest BCUT2D eigenvalue weighted by atomic mass is 16.6. The van der Waals surface area contributed by atoms with Crippen LogP contribution < -0.4 is 20.9 Å². The molecule has 0 saturated heterocycles. The predicted molar refractivity (Wildman–Crippen MR) is 101 cm³/mol. The first-order chi connectivity index (χ1) is 13.9. The number of nitro groups is 1. The third-order valence-corrected chi connectivity index (χ3v) is 4.24. The number of aromatic amines is 1. The molecule has 0 bridgehead atoms. The van der Waals surface area contributed by atoms with Crippen molar-refractivity contribution in [1.29, 1.82) is 0 Å². The zero-order valence-electron chi connectivity index (χ0n) is 14.7. The number of carbonyl (C=O) groups excluding carboxylic acids is 2. The largest absolute Gasteiger partial charge is 0.482 e. The number of carbonyl (C=O) groups is 2. The lowest BCUT2D eigenvalue weighted by Gasteiger charge is -2.18. The van der Waals surface area contributed by atoms with E-state index in [-0.39, 0.29) is 41.5 Å². The molecule has 11 heteroatoms. The van der Waals surface area contributed by atoms with Gasteiger partial charge in [-0.25, -0.2) is 4.98 Å². The van der Waals surface area contributed by atoms with E-state index in [2.05, 4.69) is 20.6 Å². The molecule has 4 rings (SSSR count). The Bertz CT molecular complexity index is 1240. The van der Waals surface area contributed by atoms with Crippen LogP contribution in [0.1, 0.15) is 16.2 Å². The molecule has 1 aliphatic rings. The Labute approximate surface area is 161 Å². The highest BCUT2D eigenvalue weighted by Gasteiger charge is 2.17. The normalized spacial score (nSPS) is 12.6. The van der Waals surface area contributed by atoms with Gasteiger partial charge in [0.15, 0.2) is 12.4 Å². The molecule has 2 aromatic carbocycles. The van der Waals surface area contributed by atoms with Gasteiger partial charge in [-0.05, 0) is 23.8 Å². The Balaban J connectivity index is 1.53. The van der Waals surface area contributed by atoms with Gasteiger partial charge in [-0.1, -0.05) is 6.07 Å². The molecule has 1 aromatic heterocycles. The zero-order chi connectivity index (χ0) is 20.5. The van der Waals surface area contributed by atoms with Gasteiger partial charge in [0.1, 0.15) is 5.75 Å². The smallest absolute Gasteiger partial charge is 0.287 e. The summed E-state index contributed by atoms with van der Waals surface area (Å²) < 4.78 is 5.27. The Hall–Kier alpha value is -4.28. The maximum atomic E-state index is 12.4. The number of nitro benzene ring substituents is 1. The topological polar surface area (TPSA) is 156 Å². The minimum atomic E-state index is -0.655. The molecule has 11 nitrogen and oxygen atoms in total. The molecule has 0 unspecified atom stereocenters. The molecule has 0 atom stereocenters. The Morgan fingerprint density at radius 1 is 1.24 bits per heavy atom. The number of nitrogens with one attached hydrogen (secondary N) is 3. The first kappa shape index (κ1) is 18.1. The van der Waals surface area contributed by atoms with Crippen LogP contribution in [0.5, 0.6) is 5.75 Å². The fraction of sp³-hybridized carbons (Fsp3) is 0.111. The number of anilines is 1. The summed E-state index contributed by atoms with van der Waals surface area (Å²) in [5, 5.41) is 16.1. The average Bonchev–Trinajstić information content (AvgIpc) is 2.71. The zero-order valence-corrected chi connectivity index (χ0v) is 14.7. The summed E-state index contributed by atoms with van der Waals surface area (Å²) in [6.07, 6.45) is 0. The van der Waals surface area contributed by atoms with Crippen molar-refractivity contribution >= 4 is 34.1 Å². The Morgan fingerprint density at radius 3 is 2.86 bits per heavy atom. The number of hydrogen-bond acceptors (Lipinski definition) is 7. The summed E-state index contributed by atoms with van der Waals surface area (Å²) in [6, 6.07) is 8.70. The predicted octanol–water partition coefficient (Wildman–Crippen LogP) is 1.09. The van der Waals surface area contributed by atoms with E-state index < -0.39 is 16.4 Å². The molecule has 146 valence electrons. The minimum absolute atomic E-state index is 0.0150. The average molecular weight is 395 g/mol. The standard InChI is InChI=1S/C18H13N5O6/c24-15-8-29-14-4-1-9(5-13(14)20-15)7-19-18(26)16-21-12-3-2-10(23(27)28)6-11(12)17(25)22-16/h1-6H,7-8H2,(H,19,26)(H,20,24)(H,21,22,25). The van der Waals surface area contributed by atoms with Gasteiger partial charge in [0, 0.05) is 18.7 Å². The maximum Gasteiger partial charge on any atom is 0.287 e. The van der Waals surface area contributed by atoms with Crippen LogP contribution >= 0.6 is 0 Å². The number of nitrogens with zero attached hydrogens (tertiary/aromatic N) is 2. The van der Waals surface area contributed by atoms with E-state index >= 15 is 0 Å². The van der Waals surface area contributed by atoms with E-state index in [1.807, 2.05) is 0 Å². The number of H-pyrrole nitrogens is 1. The Morgan fingerprint density at radius 2 is 2.07 bits per heavy atom. The third kappa shape index (κ3) is 3.60. The molecule has 0 saturated carbocycles. The summed E-state index contributed by atoms with van der Waals surface area (Å²) in [5.41, 5.74) is 0.467. The van der Waals surface area contributed by atoms with Crippen molar-refractivity contribution in [2.24, 2.45) is 0 Å². The third-order valence-electron chi connectivity index (χ3n) is 4.24.